The molecule has 1 fully saturated rings. The maximum absolute atomic E-state index is 5.36. The van der Waals surface area contributed by atoms with Crippen molar-refractivity contribution < 1.29 is 4.74 Å². The van der Waals surface area contributed by atoms with Gasteiger partial charge in [-0.1, -0.05) is 6.92 Å². The van der Waals surface area contributed by atoms with Crippen molar-refractivity contribution in [2.45, 2.75) is 26.7 Å². The molecule has 2 rings (SSSR count). The Labute approximate surface area is 108 Å². The topological polar surface area (TPSA) is 59.1 Å². The van der Waals surface area contributed by atoms with Gasteiger partial charge in [-0.2, -0.15) is 0 Å². The van der Waals surface area contributed by atoms with E-state index >= 15 is 0 Å². The summed E-state index contributed by atoms with van der Waals surface area (Å²) in [6, 6.07) is 1.97. The summed E-state index contributed by atoms with van der Waals surface area (Å²) in [5, 5.41) is 6.66. The van der Waals surface area contributed by atoms with Crippen LogP contribution in [0.15, 0.2) is 6.07 Å². The second kappa shape index (κ2) is 6.54. The second-order valence-corrected chi connectivity index (χ2v) is 4.72. The summed E-state index contributed by atoms with van der Waals surface area (Å²) in [6.45, 7) is 7.66. The normalized spacial score (nSPS) is 18.9. The van der Waals surface area contributed by atoms with Crippen molar-refractivity contribution in [3.63, 3.8) is 0 Å². The first kappa shape index (κ1) is 13.1. The Kier molecular flexibility index (Phi) is 4.75. The van der Waals surface area contributed by atoms with Crippen LogP contribution in [-0.2, 0) is 4.74 Å². The van der Waals surface area contributed by atoms with Crippen LogP contribution in [0.1, 0.15) is 25.6 Å². The number of hydrogen-bond donors (Lipinski definition) is 2. The highest BCUT2D eigenvalue weighted by molar-refractivity contribution is 5.47. The Morgan fingerprint density at radius 3 is 2.78 bits per heavy atom. The quantitative estimate of drug-likeness (QED) is 0.809. The zero-order valence-electron chi connectivity index (χ0n) is 11.2. The van der Waals surface area contributed by atoms with Crippen LogP contribution >= 0.6 is 0 Å². The molecule has 1 aliphatic rings. The smallest absolute Gasteiger partial charge is 0.131 e. The van der Waals surface area contributed by atoms with E-state index in [0.717, 1.165) is 56.6 Å². The van der Waals surface area contributed by atoms with Crippen molar-refractivity contribution in [2.75, 3.05) is 36.9 Å². The first-order chi connectivity index (χ1) is 8.78. The number of ether oxygens (including phenoxy) is 1. The highest BCUT2D eigenvalue weighted by atomic mass is 16.5. The van der Waals surface area contributed by atoms with E-state index in [-0.39, 0.29) is 0 Å². The molecule has 0 bridgehead atoms. The van der Waals surface area contributed by atoms with Gasteiger partial charge in [0.05, 0.1) is 6.61 Å². The lowest BCUT2D eigenvalue weighted by atomic mass is 10.1. The lowest BCUT2D eigenvalue weighted by Gasteiger charge is -2.12. The summed E-state index contributed by atoms with van der Waals surface area (Å²) in [5.41, 5.74) is 0. The van der Waals surface area contributed by atoms with Gasteiger partial charge in [0.2, 0.25) is 0 Å². The summed E-state index contributed by atoms with van der Waals surface area (Å²) >= 11 is 0. The SMILES string of the molecule is CCCNc1cc(NCC2CCOC2)nc(C)n1. The standard InChI is InChI=1S/C13H22N4O/c1-3-5-14-12-7-13(17-10(2)16-12)15-8-11-4-6-18-9-11/h7,11H,3-6,8-9H2,1-2H3,(H2,14,15,16,17). The van der Waals surface area contributed by atoms with Crippen LogP contribution in [0.2, 0.25) is 0 Å². The third kappa shape index (κ3) is 3.84. The molecule has 5 nitrogen and oxygen atoms in total. The van der Waals surface area contributed by atoms with E-state index in [4.69, 9.17) is 4.74 Å². The lowest BCUT2D eigenvalue weighted by Crippen LogP contribution is -2.15. The van der Waals surface area contributed by atoms with Crippen LogP contribution in [0, 0.1) is 12.8 Å². The Morgan fingerprint density at radius 2 is 2.11 bits per heavy atom. The monoisotopic (exact) mass is 250 g/mol. The van der Waals surface area contributed by atoms with Gasteiger partial charge in [0.1, 0.15) is 17.5 Å². The molecule has 0 aliphatic carbocycles. The Hall–Kier alpha value is -1.36. The molecule has 100 valence electrons. The average Bonchev–Trinajstić information content (AvgIpc) is 2.86. The van der Waals surface area contributed by atoms with Crippen LogP contribution < -0.4 is 10.6 Å². The average molecular weight is 250 g/mol. The van der Waals surface area contributed by atoms with Gasteiger partial charge in [-0.05, 0) is 19.8 Å². The van der Waals surface area contributed by atoms with E-state index in [1.54, 1.807) is 0 Å². The van der Waals surface area contributed by atoms with Crippen LogP contribution in [-0.4, -0.2) is 36.3 Å². The zero-order chi connectivity index (χ0) is 12.8. The Bertz CT molecular complexity index is 377. The van der Waals surface area contributed by atoms with E-state index in [0.29, 0.717) is 5.92 Å². The van der Waals surface area contributed by atoms with Gasteiger partial charge < -0.3 is 15.4 Å². The van der Waals surface area contributed by atoms with E-state index in [1.165, 1.54) is 0 Å². The van der Waals surface area contributed by atoms with Crippen molar-refractivity contribution in [1.29, 1.82) is 0 Å². The summed E-state index contributed by atoms with van der Waals surface area (Å²) < 4.78 is 5.36. The van der Waals surface area contributed by atoms with Gasteiger partial charge in [0.25, 0.3) is 0 Å². The van der Waals surface area contributed by atoms with Gasteiger partial charge >= 0.3 is 0 Å². The predicted molar refractivity (Wildman–Crippen MR) is 73.0 cm³/mol. The number of hydrogen-bond acceptors (Lipinski definition) is 5. The Morgan fingerprint density at radius 1 is 1.33 bits per heavy atom. The molecule has 0 saturated carbocycles. The highest BCUT2D eigenvalue weighted by Crippen LogP contribution is 2.15. The van der Waals surface area contributed by atoms with Crippen LogP contribution in [0.5, 0.6) is 0 Å². The molecule has 2 heterocycles. The van der Waals surface area contributed by atoms with Crippen molar-refractivity contribution in [2.24, 2.45) is 5.92 Å². The first-order valence-corrected chi connectivity index (χ1v) is 6.69. The molecule has 1 aromatic heterocycles. The third-order valence-corrected chi connectivity index (χ3v) is 2.99. The number of aryl methyl sites for hydroxylation is 1. The molecule has 0 amide bonds. The van der Waals surface area contributed by atoms with E-state index in [1.807, 2.05) is 13.0 Å². The van der Waals surface area contributed by atoms with Crippen LogP contribution in [0.4, 0.5) is 11.6 Å². The molecule has 1 aromatic rings. The summed E-state index contributed by atoms with van der Waals surface area (Å²) in [6.07, 6.45) is 2.23. The number of aromatic nitrogens is 2. The molecule has 0 radical (unpaired) electrons. The number of nitrogens with one attached hydrogen (secondary N) is 2. The molecule has 1 saturated heterocycles. The van der Waals surface area contributed by atoms with Crippen molar-refractivity contribution >= 4 is 11.6 Å². The maximum atomic E-state index is 5.36. The third-order valence-electron chi connectivity index (χ3n) is 2.99. The molecule has 1 aliphatic heterocycles. The molecular formula is C13H22N4O. The molecular weight excluding hydrogens is 228 g/mol. The van der Waals surface area contributed by atoms with Crippen LogP contribution in [0.3, 0.4) is 0 Å². The van der Waals surface area contributed by atoms with E-state index in [2.05, 4.69) is 27.5 Å². The van der Waals surface area contributed by atoms with Gasteiger partial charge in [0, 0.05) is 31.7 Å². The molecule has 0 spiro atoms. The summed E-state index contributed by atoms with van der Waals surface area (Å²) in [4.78, 5) is 8.76. The van der Waals surface area contributed by atoms with E-state index in [9.17, 15) is 0 Å². The van der Waals surface area contributed by atoms with Gasteiger partial charge in [-0.15, -0.1) is 0 Å². The van der Waals surface area contributed by atoms with Gasteiger partial charge in [-0.3, -0.25) is 0 Å². The summed E-state index contributed by atoms with van der Waals surface area (Å²) in [7, 11) is 0. The van der Waals surface area contributed by atoms with Crippen molar-refractivity contribution in [3.8, 4) is 0 Å². The number of anilines is 2. The first-order valence-electron chi connectivity index (χ1n) is 6.69. The van der Waals surface area contributed by atoms with Crippen molar-refractivity contribution in [1.82, 2.24) is 9.97 Å². The molecule has 2 N–H and O–H groups in total. The largest absolute Gasteiger partial charge is 0.381 e. The fourth-order valence-electron chi connectivity index (χ4n) is 2.00. The zero-order valence-corrected chi connectivity index (χ0v) is 11.2. The van der Waals surface area contributed by atoms with Gasteiger partial charge in [0.15, 0.2) is 0 Å². The molecule has 0 aromatic carbocycles. The number of rotatable bonds is 6. The maximum Gasteiger partial charge on any atom is 0.131 e. The van der Waals surface area contributed by atoms with Crippen molar-refractivity contribution in [3.05, 3.63) is 11.9 Å². The minimum Gasteiger partial charge on any atom is -0.381 e. The molecule has 18 heavy (non-hydrogen) atoms. The lowest BCUT2D eigenvalue weighted by molar-refractivity contribution is 0.187. The summed E-state index contributed by atoms with van der Waals surface area (Å²) in [5.74, 6) is 3.19. The highest BCUT2D eigenvalue weighted by Gasteiger charge is 2.15. The fraction of sp³-hybridized carbons (Fsp3) is 0.692. The molecule has 5 heteroatoms. The van der Waals surface area contributed by atoms with E-state index < -0.39 is 0 Å². The van der Waals surface area contributed by atoms with Crippen LogP contribution in [0.25, 0.3) is 0 Å². The minimum atomic E-state index is 0.604. The number of nitrogens with zero attached hydrogens (tertiary/aromatic N) is 2. The fourth-order valence-corrected chi connectivity index (χ4v) is 2.00. The minimum absolute atomic E-state index is 0.604. The molecule has 1 atom stereocenters. The second-order valence-electron chi connectivity index (χ2n) is 4.72. The molecule has 1 unspecified atom stereocenters. The predicted octanol–water partition coefficient (Wildman–Crippen LogP) is 2.06. The Balaban J connectivity index is 1.91. The van der Waals surface area contributed by atoms with Gasteiger partial charge in [-0.25, -0.2) is 9.97 Å².